The summed E-state index contributed by atoms with van der Waals surface area (Å²) in [6, 6.07) is 9.62. The molecule has 3 rings (SSSR count). The number of halogens is 7. The highest BCUT2D eigenvalue weighted by atomic mass is 32.1. The number of nitrogens with zero attached hydrogens (tertiary/aromatic N) is 1. The Balaban J connectivity index is 2.16. The van der Waals surface area contributed by atoms with Crippen LogP contribution in [0.25, 0.3) is 0 Å². The predicted octanol–water partition coefficient (Wildman–Crippen LogP) is 7.10. The molecule has 0 spiro atoms. The minimum absolute atomic E-state index is 0.0370. The first-order valence-electron chi connectivity index (χ1n) is 11.5. The topological polar surface area (TPSA) is 83.8 Å². The van der Waals surface area contributed by atoms with E-state index in [1.807, 2.05) is 5.48 Å². The molecule has 0 aliphatic heterocycles. The van der Waals surface area contributed by atoms with Gasteiger partial charge in [-0.25, -0.2) is 4.98 Å². The van der Waals surface area contributed by atoms with E-state index >= 15 is 0 Å². The van der Waals surface area contributed by atoms with E-state index in [-0.39, 0.29) is 16.9 Å². The van der Waals surface area contributed by atoms with Crippen molar-refractivity contribution >= 4 is 11.3 Å². The zero-order valence-corrected chi connectivity index (χ0v) is 21.4. The summed E-state index contributed by atoms with van der Waals surface area (Å²) in [4.78, 5) is 4.07. The molecular weight excluding hydrogens is 569 g/mol. The third kappa shape index (κ3) is 7.11. The lowest BCUT2D eigenvalue weighted by Gasteiger charge is -2.29. The maximum Gasteiger partial charge on any atom is 0.428 e. The van der Waals surface area contributed by atoms with Crippen LogP contribution in [0.4, 0.5) is 30.7 Å². The second-order valence-corrected chi connectivity index (χ2v) is 9.25. The van der Waals surface area contributed by atoms with Crippen molar-refractivity contribution in [2.45, 2.75) is 44.3 Å². The Hall–Kier alpha value is -3.62. The molecule has 0 amide bonds. The summed E-state index contributed by atoms with van der Waals surface area (Å²) in [6.07, 6.45) is 0.250. The number of nitrogens with one attached hydrogen (secondary N) is 1. The van der Waals surface area contributed by atoms with Crippen LogP contribution < -0.4 is 15.0 Å². The van der Waals surface area contributed by atoms with Gasteiger partial charge in [0.15, 0.2) is 11.5 Å². The quantitative estimate of drug-likeness (QED) is 0.118. The molecule has 1 heterocycles. The molecule has 14 heteroatoms. The molecule has 40 heavy (non-hydrogen) atoms. The zero-order valence-electron chi connectivity index (χ0n) is 20.6. The molecule has 2 unspecified atom stereocenters. The van der Waals surface area contributed by atoms with Crippen molar-refractivity contribution in [1.29, 1.82) is 0 Å². The molecule has 0 saturated heterocycles. The Morgan fingerprint density at radius 2 is 1.68 bits per heavy atom. The second kappa shape index (κ2) is 13.2. The summed E-state index contributed by atoms with van der Waals surface area (Å²) in [5.74, 6) is -2.27. The van der Waals surface area contributed by atoms with Crippen LogP contribution in [0, 0.1) is 0 Å². The molecule has 3 N–H and O–H groups in total. The van der Waals surface area contributed by atoms with Crippen molar-refractivity contribution < 1.29 is 50.5 Å². The van der Waals surface area contributed by atoms with Crippen LogP contribution in [0.2, 0.25) is 0 Å². The average Bonchev–Trinajstić information content (AvgIpc) is 3.39. The molecule has 0 aliphatic carbocycles. The maximum atomic E-state index is 14.2. The lowest BCUT2D eigenvalue weighted by atomic mass is 9.90. The van der Waals surface area contributed by atoms with Gasteiger partial charge in [-0.05, 0) is 48.3 Å². The highest BCUT2D eigenvalue weighted by Gasteiger charge is 2.58. The minimum Gasteiger partial charge on any atom is -0.431 e. The molecule has 2 aromatic carbocycles. The van der Waals surface area contributed by atoms with Crippen molar-refractivity contribution in [3.8, 4) is 11.5 Å². The Morgan fingerprint density at radius 3 is 2.25 bits per heavy atom. The van der Waals surface area contributed by atoms with E-state index in [4.69, 9.17) is 5.21 Å². The highest BCUT2D eigenvalue weighted by molar-refractivity contribution is 7.11. The maximum absolute atomic E-state index is 14.2. The third-order valence-corrected chi connectivity index (χ3v) is 6.98. The Morgan fingerprint density at radius 1 is 1.02 bits per heavy atom. The molecule has 1 aromatic heterocycles. The van der Waals surface area contributed by atoms with Crippen LogP contribution in [-0.2, 0) is 5.60 Å². The number of allylic oxidation sites excluding steroid dienone is 3. The van der Waals surface area contributed by atoms with E-state index in [2.05, 4.69) is 14.5 Å². The number of hydroxylamine groups is 1. The molecule has 216 valence electrons. The van der Waals surface area contributed by atoms with Crippen molar-refractivity contribution in [3.63, 3.8) is 0 Å². The van der Waals surface area contributed by atoms with Crippen molar-refractivity contribution in [2.24, 2.45) is 0 Å². The van der Waals surface area contributed by atoms with Crippen molar-refractivity contribution in [1.82, 2.24) is 10.5 Å². The van der Waals surface area contributed by atoms with Crippen molar-refractivity contribution in [3.05, 3.63) is 99.7 Å². The van der Waals surface area contributed by atoms with Gasteiger partial charge >= 0.3 is 19.4 Å². The Labute approximate surface area is 228 Å². The molecule has 0 aliphatic rings. The molecule has 2 atom stereocenters. The number of hydrogen-bond acceptors (Lipinski definition) is 7. The summed E-state index contributed by atoms with van der Waals surface area (Å²) in [5.41, 5.74) is -1.37. The van der Waals surface area contributed by atoms with Gasteiger partial charge in [-0.15, -0.1) is 11.3 Å². The average molecular weight is 593 g/mol. The first kappa shape index (κ1) is 30.9. The SMILES string of the molecule is C/C=C(\C=C/NO)CC(c1ccc(OC(F)F)c(OC(F)F)c1)c1cnc(C(O)(c2ccccc2)C(F)(F)F)s1. The highest BCUT2D eigenvalue weighted by Crippen LogP contribution is 2.47. The van der Waals surface area contributed by atoms with Gasteiger partial charge in [0.1, 0.15) is 5.01 Å². The smallest absolute Gasteiger partial charge is 0.428 e. The molecule has 0 bridgehead atoms. The van der Waals surface area contributed by atoms with Gasteiger partial charge in [-0.1, -0.05) is 42.5 Å². The number of aliphatic hydroxyl groups is 1. The minimum atomic E-state index is -5.16. The van der Waals surface area contributed by atoms with E-state index < -0.39 is 53.0 Å². The van der Waals surface area contributed by atoms with Gasteiger partial charge in [0.05, 0.1) is 0 Å². The second-order valence-electron chi connectivity index (χ2n) is 8.19. The Bertz CT molecular complexity index is 1320. The number of thiazole rings is 1. The molecule has 0 radical (unpaired) electrons. The standard InChI is InChI=1S/C26H23F7N2O4S/c1-2-15(10-11-35-37)12-18(16-8-9-19(38-23(27)28)20(13-16)39-24(29)30)21-14-34-22(40-21)25(36,26(31,32)33)17-6-4-3-5-7-17/h2-11,13-14,18,23-24,35-37H,12H2,1H3/b11-10-,15-2+. The molecule has 0 saturated carbocycles. The summed E-state index contributed by atoms with van der Waals surface area (Å²) in [6.45, 7) is -5.08. The van der Waals surface area contributed by atoms with E-state index in [9.17, 15) is 35.8 Å². The lowest BCUT2D eigenvalue weighted by molar-refractivity contribution is -0.248. The van der Waals surface area contributed by atoms with Crippen LogP contribution in [-0.4, -0.2) is 34.7 Å². The van der Waals surface area contributed by atoms with Crippen LogP contribution in [0.5, 0.6) is 11.5 Å². The first-order valence-corrected chi connectivity index (χ1v) is 12.3. The zero-order chi connectivity index (χ0) is 29.5. The number of aromatic nitrogens is 1. The Kier molecular flexibility index (Phi) is 10.2. The molecule has 3 aromatic rings. The fraction of sp³-hybridized carbons (Fsp3) is 0.269. The summed E-state index contributed by atoms with van der Waals surface area (Å²) < 4.78 is 103. The van der Waals surface area contributed by atoms with Crippen molar-refractivity contribution in [2.75, 3.05) is 0 Å². The number of benzene rings is 2. The predicted molar refractivity (Wildman–Crippen MR) is 132 cm³/mol. The van der Waals surface area contributed by atoms with E-state index in [1.54, 1.807) is 13.0 Å². The van der Waals surface area contributed by atoms with Crippen LogP contribution in [0.15, 0.2) is 78.7 Å². The van der Waals surface area contributed by atoms with Gasteiger partial charge < -0.3 is 14.6 Å². The number of ether oxygens (including phenoxy) is 2. The van der Waals surface area contributed by atoms with Gasteiger partial charge in [0.25, 0.3) is 0 Å². The lowest BCUT2D eigenvalue weighted by Crippen LogP contribution is -2.43. The summed E-state index contributed by atoms with van der Waals surface area (Å²) in [7, 11) is 0. The van der Waals surface area contributed by atoms with Crippen LogP contribution >= 0.6 is 11.3 Å². The monoisotopic (exact) mass is 592 g/mol. The summed E-state index contributed by atoms with van der Waals surface area (Å²) in [5, 5.41) is 19.2. The molecule has 0 fully saturated rings. The van der Waals surface area contributed by atoms with Crippen LogP contribution in [0.1, 0.15) is 40.3 Å². The molecule has 6 nitrogen and oxygen atoms in total. The summed E-state index contributed by atoms with van der Waals surface area (Å²) >= 11 is 0.538. The normalized spacial score (nSPS) is 14.9. The van der Waals surface area contributed by atoms with Crippen LogP contribution in [0.3, 0.4) is 0 Å². The van der Waals surface area contributed by atoms with Gasteiger partial charge in [-0.2, -0.15) is 30.7 Å². The van der Waals surface area contributed by atoms with Gasteiger partial charge in [0.2, 0.25) is 5.60 Å². The van der Waals surface area contributed by atoms with E-state index in [0.29, 0.717) is 16.9 Å². The number of rotatable bonds is 12. The largest absolute Gasteiger partial charge is 0.431 e. The van der Waals surface area contributed by atoms with Gasteiger partial charge in [-0.3, -0.25) is 10.7 Å². The van der Waals surface area contributed by atoms with E-state index in [1.165, 1.54) is 36.5 Å². The third-order valence-electron chi connectivity index (χ3n) is 5.76. The number of alkyl halides is 7. The molecular formula is C26H23F7N2O4S. The van der Waals surface area contributed by atoms with E-state index in [0.717, 1.165) is 30.5 Å². The first-order chi connectivity index (χ1) is 18.9. The number of hydrogen-bond donors (Lipinski definition) is 3. The van der Waals surface area contributed by atoms with Gasteiger partial charge in [0, 0.05) is 23.2 Å². The fourth-order valence-electron chi connectivity index (χ4n) is 3.87. The fourth-order valence-corrected chi connectivity index (χ4v) is 5.05.